The zero-order valence-electron chi connectivity index (χ0n) is 17.4. The third kappa shape index (κ3) is 4.46. The maximum absolute atomic E-state index is 12.5. The Kier molecular flexibility index (Phi) is 6.75. The van der Waals surface area contributed by atoms with E-state index in [4.69, 9.17) is 9.47 Å². The maximum Gasteiger partial charge on any atom is 0.333 e. The van der Waals surface area contributed by atoms with Crippen molar-refractivity contribution in [2.75, 3.05) is 7.11 Å². The normalized spacial score (nSPS) is 12.8. The molecular formula is C24H22BrNO5. The van der Waals surface area contributed by atoms with Gasteiger partial charge in [-0.1, -0.05) is 58.9 Å². The number of aromatic nitrogens is 1. The van der Waals surface area contributed by atoms with E-state index in [1.165, 1.54) is 25.5 Å². The van der Waals surface area contributed by atoms with E-state index < -0.39 is 24.0 Å². The topological polar surface area (TPSA) is 74.6 Å². The van der Waals surface area contributed by atoms with Crippen LogP contribution < -0.4 is 0 Å². The molecule has 3 rings (SSSR count). The molecule has 0 amide bonds. The van der Waals surface area contributed by atoms with Crippen LogP contribution in [0, 0.1) is 0 Å². The van der Waals surface area contributed by atoms with Crippen molar-refractivity contribution in [1.82, 2.24) is 4.57 Å². The number of halogens is 1. The Bertz CT molecular complexity index is 1180. The fourth-order valence-corrected chi connectivity index (χ4v) is 4.23. The van der Waals surface area contributed by atoms with Gasteiger partial charge in [0.2, 0.25) is 5.91 Å². The number of esters is 2. The molecule has 0 bridgehead atoms. The molecule has 0 spiro atoms. The maximum atomic E-state index is 12.5. The Morgan fingerprint density at radius 2 is 1.65 bits per heavy atom. The molecule has 6 nitrogen and oxygen atoms in total. The molecule has 3 aromatic rings. The summed E-state index contributed by atoms with van der Waals surface area (Å²) >= 11 is 3.53. The van der Waals surface area contributed by atoms with E-state index in [0.717, 1.165) is 9.86 Å². The molecule has 0 N–H and O–H groups in total. The van der Waals surface area contributed by atoms with Crippen molar-refractivity contribution >= 4 is 44.7 Å². The summed E-state index contributed by atoms with van der Waals surface area (Å²) in [6, 6.07) is 14.6. The first kappa shape index (κ1) is 22.5. The van der Waals surface area contributed by atoms with Crippen molar-refractivity contribution in [3.05, 3.63) is 82.5 Å². The van der Waals surface area contributed by atoms with Crippen LogP contribution in [0.15, 0.2) is 71.4 Å². The summed E-state index contributed by atoms with van der Waals surface area (Å²) < 4.78 is 12.9. The second-order valence-electron chi connectivity index (χ2n) is 7.04. The fourth-order valence-electron chi connectivity index (χ4n) is 3.70. The van der Waals surface area contributed by atoms with Crippen molar-refractivity contribution < 1.29 is 23.9 Å². The molecule has 1 aromatic heterocycles. The summed E-state index contributed by atoms with van der Waals surface area (Å²) in [5, 5.41) is 0.735. The molecular weight excluding hydrogens is 462 g/mol. The quantitative estimate of drug-likeness (QED) is 0.356. The van der Waals surface area contributed by atoms with E-state index in [0.29, 0.717) is 16.6 Å². The smallest absolute Gasteiger partial charge is 0.333 e. The number of ether oxygens (including phenoxy) is 2. The number of hydrogen-bond acceptors (Lipinski definition) is 5. The van der Waals surface area contributed by atoms with Gasteiger partial charge in [0, 0.05) is 41.0 Å². The van der Waals surface area contributed by atoms with Gasteiger partial charge in [0.15, 0.2) is 0 Å². The minimum atomic E-state index is -0.923. The van der Waals surface area contributed by atoms with Gasteiger partial charge in [-0.2, -0.15) is 0 Å². The second kappa shape index (κ2) is 9.31. The largest absolute Gasteiger partial charge is 0.466 e. The average Bonchev–Trinajstić information content (AvgIpc) is 3.13. The number of hydrogen-bond donors (Lipinski definition) is 0. The predicted octanol–water partition coefficient (Wildman–Crippen LogP) is 5.18. The van der Waals surface area contributed by atoms with Crippen LogP contribution in [0.5, 0.6) is 0 Å². The average molecular weight is 484 g/mol. The van der Waals surface area contributed by atoms with Gasteiger partial charge in [-0.15, -0.1) is 0 Å². The Hall–Kier alpha value is -3.19. The summed E-state index contributed by atoms with van der Waals surface area (Å²) in [5.41, 5.74) is 2.09. The summed E-state index contributed by atoms with van der Waals surface area (Å²) in [5.74, 6) is -2.08. The number of para-hydroxylation sites is 1. The molecule has 1 heterocycles. The second-order valence-corrected chi connectivity index (χ2v) is 7.89. The molecule has 0 saturated heterocycles. The Morgan fingerprint density at radius 3 is 2.26 bits per heavy atom. The van der Waals surface area contributed by atoms with Crippen molar-refractivity contribution in [3.8, 4) is 0 Å². The lowest BCUT2D eigenvalue weighted by Gasteiger charge is -2.28. The number of nitrogens with zero attached hydrogens (tertiary/aromatic N) is 1. The number of fused-ring (bicyclic) bond motifs is 1. The minimum Gasteiger partial charge on any atom is -0.466 e. The van der Waals surface area contributed by atoms with Crippen molar-refractivity contribution in [3.63, 3.8) is 0 Å². The third-order valence-electron chi connectivity index (χ3n) is 5.05. The predicted molar refractivity (Wildman–Crippen MR) is 121 cm³/mol. The van der Waals surface area contributed by atoms with Gasteiger partial charge in [0.25, 0.3) is 0 Å². The van der Waals surface area contributed by atoms with Crippen LogP contribution in [0.2, 0.25) is 0 Å². The molecule has 160 valence electrons. The lowest BCUT2D eigenvalue weighted by atomic mass is 9.83. The van der Waals surface area contributed by atoms with E-state index in [2.05, 4.69) is 22.5 Å². The first-order valence-electron chi connectivity index (χ1n) is 9.56. The van der Waals surface area contributed by atoms with Crippen LogP contribution in [0.3, 0.4) is 0 Å². The first-order valence-corrected chi connectivity index (χ1v) is 10.3. The van der Waals surface area contributed by atoms with E-state index >= 15 is 0 Å². The zero-order valence-corrected chi connectivity index (χ0v) is 19.0. The molecule has 31 heavy (non-hydrogen) atoms. The highest BCUT2D eigenvalue weighted by Crippen LogP contribution is 2.44. The lowest BCUT2D eigenvalue weighted by molar-refractivity contribution is -0.148. The Labute approximate surface area is 188 Å². The first-order chi connectivity index (χ1) is 14.8. The van der Waals surface area contributed by atoms with E-state index in [-0.39, 0.29) is 11.5 Å². The summed E-state index contributed by atoms with van der Waals surface area (Å²) in [6.45, 7) is 6.71. The molecule has 0 saturated carbocycles. The highest BCUT2D eigenvalue weighted by molar-refractivity contribution is 9.10. The van der Waals surface area contributed by atoms with Gasteiger partial charge in [-0.3, -0.25) is 14.2 Å². The van der Waals surface area contributed by atoms with Gasteiger partial charge in [-0.25, -0.2) is 4.79 Å². The van der Waals surface area contributed by atoms with Crippen molar-refractivity contribution in [2.45, 2.75) is 25.9 Å². The molecule has 0 aliphatic carbocycles. The van der Waals surface area contributed by atoms with Gasteiger partial charge in [-0.05, 0) is 17.7 Å². The highest BCUT2D eigenvalue weighted by atomic mass is 79.9. The van der Waals surface area contributed by atoms with Crippen LogP contribution in [0.4, 0.5) is 0 Å². The van der Waals surface area contributed by atoms with E-state index in [1.54, 1.807) is 6.20 Å². The number of carbonyl (C=O) groups is 3. The molecule has 0 aliphatic heterocycles. The van der Waals surface area contributed by atoms with Crippen LogP contribution >= 0.6 is 15.9 Å². The number of methoxy groups -OCH3 is 1. The monoisotopic (exact) mass is 483 g/mol. The van der Waals surface area contributed by atoms with E-state index in [9.17, 15) is 14.4 Å². The number of benzene rings is 2. The molecule has 7 heteroatoms. The minimum absolute atomic E-state index is 0.125. The van der Waals surface area contributed by atoms with E-state index in [1.807, 2.05) is 48.5 Å². The molecule has 0 radical (unpaired) electrons. The summed E-state index contributed by atoms with van der Waals surface area (Å²) in [4.78, 5) is 36.9. The Morgan fingerprint density at radius 1 is 1.00 bits per heavy atom. The van der Waals surface area contributed by atoms with Crippen LogP contribution in [0.1, 0.15) is 41.8 Å². The molecule has 2 aromatic carbocycles. The summed E-state index contributed by atoms with van der Waals surface area (Å²) in [6.07, 6.45) is 0.725. The standard InChI is InChI=1S/C24H22BrNO5/c1-14(24(29)30-4)22(18-10-5-7-11-20(18)25)23(31-16(3)28)19-13-26(15(2)27)21-12-8-6-9-17(19)21/h5-13,22-23H,1H2,2-4H3/t22-,23+/m0/s1. The Balaban J connectivity index is 2.31. The van der Waals surface area contributed by atoms with Crippen LogP contribution in [0.25, 0.3) is 10.9 Å². The van der Waals surface area contributed by atoms with Gasteiger partial charge >= 0.3 is 11.9 Å². The zero-order chi connectivity index (χ0) is 22.7. The molecule has 0 unspecified atom stereocenters. The van der Waals surface area contributed by atoms with Gasteiger partial charge < -0.3 is 9.47 Å². The number of rotatable bonds is 6. The molecule has 2 atom stereocenters. The SMILES string of the molecule is C=C(C(=O)OC)[C@@H](c1ccccc1Br)[C@H](OC(C)=O)c1cn(C(C)=O)c2ccccc12. The van der Waals surface area contributed by atoms with Crippen molar-refractivity contribution in [2.24, 2.45) is 0 Å². The lowest BCUT2D eigenvalue weighted by Crippen LogP contribution is -2.23. The molecule has 0 aliphatic rings. The van der Waals surface area contributed by atoms with Gasteiger partial charge in [0.05, 0.1) is 18.5 Å². The summed E-state index contributed by atoms with van der Waals surface area (Å²) in [7, 11) is 1.27. The molecule has 0 fully saturated rings. The van der Waals surface area contributed by atoms with Crippen LogP contribution in [-0.4, -0.2) is 29.5 Å². The van der Waals surface area contributed by atoms with Crippen LogP contribution in [-0.2, 0) is 19.1 Å². The van der Waals surface area contributed by atoms with Gasteiger partial charge in [0.1, 0.15) is 6.10 Å². The van der Waals surface area contributed by atoms with Crippen molar-refractivity contribution in [1.29, 1.82) is 0 Å². The highest BCUT2D eigenvalue weighted by Gasteiger charge is 2.36. The number of carbonyl (C=O) groups excluding carboxylic acids is 3. The fraction of sp³-hybridized carbons (Fsp3) is 0.208. The third-order valence-corrected chi connectivity index (χ3v) is 5.77.